The van der Waals surface area contributed by atoms with E-state index in [2.05, 4.69) is 4.74 Å². The Hall–Kier alpha value is -1.25. The lowest BCUT2D eigenvalue weighted by Crippen LogP contribution is -2.45. The van der Waals surface area contributed by atoms with Gasteiger partial charge >= 0.3 is 6.61 Å². The number of hydrogen-bond acceptors (Lipinski definition) is 4. The lowest BCUT2D eigenvalue weighted by atomic mass is 10.1. The Labute approximate surface area is 116 Å². The number of benzene rings is 1. The summed E-state index contributed by atoms with van der Waals surface area (Å²) in [6.07, 6.45) is 1.51. The minimum Gasteiger partial charge on any atom is -0.435 e. The maximum Gasteiger partial charge on any atom is 0.387 e. The first kappa shape index (κ1) is 15.1. The fourth-order valence-electron chi connectivity index (χ4n) is 2.13. The first-order valence-electron chi connectivity index (χ1n) is 6.20. The van der Waals surface area contributed by atoms with Crippen molar-refractivity contribution in [3.8, 4) is 5.75 Å². The van der Waals surface area contributed by atoms with Crippen molar-refractivity contribution in [3.63, 3.8) is 0 Å². The van der Waals surface area contributed by atoms with E-state index in [1.807, 2.05) is 0 Å². The van der Waals surface area contributed by atoms with Crippen molar-refractivity contribution < 1.29 is 21.9 Å². The SMILES string of the molecule is N[C@@H]1CCCN(S(=O)(=O)c2ccc(OC(F)F)cc2)C1. The molecule has 5 nitrogen and oxygen atoms in total. The zero-order chi connectivity index (χ0) is 14.8. The number of halogens is 2. The quantitative estimate of drug-likeness (QED) is 0.912. The van der Waals surface area contributed by atoms with Crippen LogP contribution in [-0.2, 0) is 10.0 Å². The van der Waals surface area contributed by atoms with Crippen LogP contribution in [0.2, 0.25) is 0 Å². The Morgan fingerprint density at radius 1 is 1.30 bits per heavy atom. The number of rotatable bonds is 4. The molecule has 0 amide bonds. The minimum absolute atomic E-state index is 0.0493. The molecule has 0 aliphatic carbocycles. The highest BCUT2D eigenvalue weighted by molar-refractivity contribution is 7.89. The second-order valence-electron chi connectivity index (χ2n) is 4.62. The van der Waals surface area contributed by atoms with Gasteiger partial charge in [0.1, 0.15) is 5.75 Å². The molecule has 0 spiro atoms. The number of hydrogen-bond donors (Lipinski definition) is 1. The molecule has 0 saturated carbocycles. The molecule has 8 heteroatoms. The van der Waals surface area contributed by atoms with Crippen molar-refractivity contribution >= 4 is 10.0 Å². The Morgan fingerprint density at radius 2 is 1.95 bits per heavy atom. The van der Waals surface area contributed by atoms with Crippen molar-refractivity contribution in [2.45, 2.75) is 30.4 Å². The standard InChI is InChI=1S/C12H16F2N2O3S/c13-12(14)19-10-3-5-11(6-4-10)20(17,18)16-7-1-2-9(15)8-16/h3-6,9,12H,1-2,7-8,15H2/t9-/m1/s1. The molecule has 2 N–H and O–H groups in total. The predicted octanol–water partition coefficient (Wildman–Crippen LogP) is 1.40. The third-order valence-corrected chi connectivity index (χ3v) is 4.99. The van der Waals surface area contributed by atoms with E-state index in [4.69, 9.17) is 5.73 Å². The molecule has 1 aliphatic rings. The zero-order valence-electron chi connectivity index (χ0n) is 10.7. The summed E-state index contributed by atoms with van der Waals surface area (Å²) in [4.78, 5) is 0.0493. The van der Waals surface area contributed by atoms with Gasteiger partial charge in [0, 0.05) is 19.1 Å². The van der Waals surface area contributed by atoms with Crippen LogP contribution in [-0.4, -0.2) is 38.5 Å². The fraction of sp³-hybridized carbons (Fsp3) is 0.500. The second-order valence-corrected chi connectivity index (χ2v) is 6.55. The summed E-state index contributed by atoms with van der Waals surface area (Å²) in [5, 5.41) is 0. The molecule has 20 heavy (non-hydrogen) atoms. The van der Waals surface area contributed by atoms with E-state index in [9.17, 15) is 17.2 Å². The summed E-state index contributed by atoms with van der Waals surface area (Å²) < 4.78 is 54.3. The van der Waals surface area contributed by atoms with Crippen molar-refractivity contribution in [2.24, 2.45) is 5.73 Å². The largest absolute Gasteiger partial charge is 0.435 e. The summed E-state index contributed by atoms with van der Waals surface area (Å²) in [6, 6.07) is 4.77. The molecule has 1 aromatic rings. The lowest BCUT2D eigenvalue weighted by Gasteiger charge is -2.29. The number of piperidine rings is 1. The van der Waals surface area contributed by atoms with Crippen LogP contribution in [0.15, 0.2) is 29.2 Å². The molecule has 1 aromatic carbocycles. The Morgan fingerprint density at radius 3 is 2.50 bits per heavy atom. The van der Waals surface area contributed by atoms with Gasteiger partial charge in [-0.25, -0.2) is 8.42 Å². The van der Waals surface area contributed by atoms with Gasteiger partial charge in [-0.05, 0) is 37.1 Å². The number of sulfonamides is 1. The van der Waals surface area contributed by atoms with E-state index < -0.39 is 16.6 Å². The zero-order valence-corrected chi connectivity index (χ0v) is 11.5. The highest BCUT2D eigenvalue weighted by Gasteiger charge is 2.28. The van der Waals surface area contributed by atoms with Crippen LogP contribution in [0.25, 0.3) is 0 Å². The van der Waals surface area contributed by atoms with Crippen molar-refractivity contribution in [1.82, 2.24) is 4.31 Å². The molecule has 1 aliphatic heterocycles. The summed E-state index contributed by atoms with van der Waals surface area (Å²) in [5.41, 5.74) is 5.77. The van der Waals surface area contributed by atoms with Gasteiger partial charge in [0.25, 0.3) is 0 Å². The summed E-state index contributed by atoms with van der Waals surface area (Å²) in [5.74, 6) is -0.0747. The smallest absolute Gasteiger partial charge is 0.387 e. The monoisotopic (exact) mass is 306 g/mol. The van der Waals surface area contributed by atoms with Crippen LogP contribution >= 0.6 is 0 Å². The number of nitrogens with zero attached hydrogens (tertiary/aromatic N) is 1. The maximum absolute atomic E-state index is 12.3. The average molecular weight is 306 g/mol. The first-order valence-corrected chi connectivity index (χ1v) is 7.64. The van der Waals surface area contributed by atoms with Crippen molar-refractivity contribution in [1.29, 1.82) is 0 Å². The van der Waals surface area contributed by atoms with Gasteiger partial charge in [0.15, 0.2) is 0 Å². The van der Waals surface area contributed by atoms with E-state index in [0.29, 0.717) is 13.0 Å². The van der Waals surface area contributed by atoms with E-state index >= 15 is 0 Å². The van der Waals surface area contributed by atoms with E-state index in [0.717, 1.165) is 6.42 Å². The third-order valence-electron chi connectivity index (χ3n) is 3.11. The predicted molar refractivity (Wildman–Crippen MR) is 69.0 cm³/mol. The fourth-order valence-corrected chi connectivity index (χ4v) is 3.67. The molecular weight excluding hydrogens is 290 g/mol. The number of ether oxygens (including phenoxy) is 1. The van der Waals surface area contributed by atoms with Gasteiger partial charge in [0.05, 0.1) is 4.90 Å². The number of alkyl halides is 2. The topological polar surface area (TPSA) is 72.6 Å². The highest BCUT2D eigenvalue weighted by atomic mass is 32.2. The molecule has 0 radical (unpaired) electrons. The van der Waals surface area contributed by atoms with Gasteiger partial charge in [0.2, 0.25) is 10.0 Å². The van der Waals surface area contributed by atoms with Crippen LogP contribution in [0.3, 0.4) is 0 Å². The van der Waals surface area contributed by atoms with Gasteiger partial charge in [-0.2, -0.15) is 13.1 Å². The summed E-state index contributed by atoms with van der Waals surface area (Å²) >= 11 is 0. The van der Waals surface area contributed by atoms with Crippen LogP contribution in [0.5, 0.6) is 5.75 Å². The molecule has 1 heterocycles. The van der Waals surface area contributed by atoms with Crippen LogP contribution in [0, 0.1) is 0 Å². The highest BCUT2D eigenvalue weighted by Crippen LogP contribution is 2.23. The van der Waals surface area contributed by atoms with Crippen LogP contribution in [0.4, 0.5) is 8.78 Å². The molecular formula is C12H16F2N2O3S. The Balaban J connectivity index is 2.17. The lowest BCUT2D eigenvalue weighted by molar-refractivity contribution is -0.0498. The molecule has 112 valence electrons. The van der Waals surface area contributed by atoms with Crippen LogP contribution < -0.4 is 10.5 Å². The van der Waals surface area contributed by atoms with Crippen molar-refractivity contribution in [2.75, 3.05) is 13.1 Å². The van der Waals surface area contributed by atoms with Crippen LogP contribution in [0.1, 0.15) is 12.8 Å². The Kier molecular flexibility index (Phi) is 4.56. The molecule has 0 bridgehead atoms. The van der Waals surface area contributed by atoms with Gasteiger partial charge in [-0.1, -0.05) is 0 Å². The first-order chi connectivity index (χ1) is 9.39. The maximum atomic E-state index is 12.3. The minimum atomic E-state index is -3.63. The van der Waals surface area contributed by atoms with Crippen molar-refractivity contribution in [3.05, 3.63) is 24.3 Å². The molecule has 1 atom stereocenters. The molecule has 1 saturated heterocycles. The van der Waals surface area contributed by atoms with E-state index in [1.165, 1.54) is 28.6 Å². The molecule has 0 aromatic heterocycles. The third kappa shape index (κ3) is 3.44. The normalized spacial score (nSPS) is 21.1. The summed E-state index contributed by atoms with van der Waals surface area (Å²) in [6.45, 7) is -2.24. The molecule has 2 rings (SSSR count). The summed E-state index contributed by atoms with van der Waals surface area (Å²) in [7, 11) is -3.63. The van der Waals surface area contributed by atoms with E-state index in [-0.39, 0.29) is 23.2 Å². The van der Waals surface area contributed by atoms with Gasteiger partial charge < -0.3 is 10.5 Å². The van der Waals surface area contributed by atoms with Gasteiger partial charge in [-0.3, -0.25) is 0 Å². The molecule has 0 unspecified atom stereocenters. The second kappa shape index (κ2) is 6.02. The van der Waals surface area contributed by atoms with E-state index in [1.54, 1.807) is 0 Å². The number of nitrogens with two attached hydrogens (primary N) is 1. The van der Waals surface area contributed by atoms with Gasteiger partial charge in [-0.15, -0.1) is 0 Å². The Bertz CT molecular complexity index is 548. The average Bonchev–Trinajstić information content (AvgIpc) is 2.38. The molecule has 1 fully saturated rings.